The van der Waals surface area contributed by atoms with Crippen LogP contribution in [0, 0.1) is 43.7 Å². The zero-order valence-electron chi connectivity index (χ0n) is 24.5. The van der Waals surface area contributed by atoms with E-state index >= 15 is 0 Å². The molecule has 41 heavy (non-hydrogen) atoms. The number of ether oxygens (including phenoxy) is 1. The van der Waals surface area contributed by atoms with Crippen LogP contribution in [0.3, 0.4) is 0 Å². The van der Waals surface area contributed by atoms with Crippen molar-refractivity contribution < 1.29 is 14.3 Å². The lowest BCUT2D eigenvalue weighted by molar-refractivity contribution is -0.141. The van der Waals surface area contributed by atoms with E-state index in [1.807, 2.05) is 32.1 Å². The second-order valence-electron chi connectivity index (χ2n) is 11.4. The second kappa shape index (κ2) is 9.29. The Morgan fingerprint density at radius 2 is 1.78 bits per heavy atom. The van der Waals surface area contributed by atoms with E-state index in [2.05, 4.69) is 49.6 Å². The number of esters is 1. The number of nitrogens with one attached hydrogen (secondary N) is 3. The third-order valence-electron chi connectivity index (χ3n) is 9.43. The number of aromatic amines is 2. The van der Waals surface area contributed by atoms with Gasteiger partial charge in [0.1, 0.15) is 5.92 Å². The van der Waals surface area contributed by atoms with Crippen molar-refractivity contribution in [1.82, 2.24) is 20.0 Å². The Morgan fingerprint density at radius 3 is 2.44 bits per heavy atom. The molecule has 8 heteroatoms. The van der Waals surface area contributed by atoms with E-state index in [0.29, 0.717) is 28.2 Å². The Morgan fingerprint density at radius 1 is 1.05 bits per heavy atom. The van der Waals surface area contributed by atoms with Crippen molar-refractivity contribution >= 4 is 41.6 Å². The fourth-order valence-electron chi connectivity index (χ4n) is 6.82. The lowest BCUT2D eigenvalue weighted by Gasteiger charge is -2.16. The molecule has 3 N–H and O–H groups in total. The summed E-state index contributed by atoms with van der Waals surface area (Å²) in [6.45, 7) is 16.1. The highest BCUT2D eigenvalue weighted by Gasteiger charge is 2.47. The van der Waals surface area contributed by atoms with E-state index < -0.39 is 11.9 Å². The van der Waals surface area contributed by atoms with Gasteiger partial charge in [-0.15, -0.1) is 0 Å². The van der Waals surface area contributed by atoms with Gasteiger partial charge in [0.25, 0.3) is 0 Å². The van der Waals surface area contributed by atoms with Gasteiger partial charge in [-0.3, -0.25) is 9.59 Å². The van der Waals surface area contributed by atoms with Gasteiger partial charge in [-0.2, -0.15) is 0 Å². The van der Waals surface area contributed by atoms with Gasteiger partial charge in [-0.05, 0) is 67.7 Å². The first-order chi connectivity index (χ1) is 19.5. The van der Waals surface area contributed by atoms with Gasteiger partial charge < -0.3 is 30.0 Å². The molecule has 3 aromatic rings. The molecule has 3 atom stereocenters. The van der Waals surface area contributed by atoms with Gasteiger partial charge in [0.15, 0.2) is 5.78 Å². The molecule has 8 bridgehead atoms. The van der Waals surface area contributed by atoms with Crippen LogP contribution < -0.4 is 16.0 Å². The highest BCUT2D eigenvalue weighted by molar-refractivity contribution is 6.24. The molecule has 0 radical (unpaired) electrons. The van der Waals surface area contributed by atoms with E-state index in [1.54, 1.807) is 6.08 Å². The largest absolute Gasteiger partial charge is 0.805 e. The number of H-pyrrole nitrogens is 2. The fraction of sp³-hybridized carbons (Fsp3) is 0.333. The number of carbonyl (C=O) groups is 2. The minimum atomic E-state index is -1.06. The summed E-state index contributed by atoms with van der Waals surface area (Å²) in [4.78, 5) is 33.9. The minimum absolute atomic E-state index is 0.00142. The Hall–Kier alpha value is -4.46. The number of fused-ring (bicyclic) bond motifs is 7. The number of hydrogen-bond donors (Lipinski definition) is 3. The maximum absolute atomic E-state index is 13.8. The van der Waals surface area contributed by atoms with Gasteiger partial charge in [0.2, 0.25) is 0 Å². The molecular weight excluding hydrogens is 516 g/mol. The van der Waals surface area contributed by atoms with Crippen LogP contribution in [0.1, 0.15) is 81.7 Å². The second-order valence-corrected chi connectivity index (χ2v) is 11.4. The van der Waals surface area contributed by atoms with Crippen LogP contribution in [0.25, 0.3) is 29.9 Å². The number of carbonyl (C=O) groups excluding carboxylic acids is 2. The van der Waals surface area contributed by atoms with Crippen LogP contribution in [0.5, 0.6) is 0 Å². The lowest BCUT2D eigenvalue weighted by atomic mass is 9.89. The number of Topliss-reactive ketones (excluding diaryl/α,β-unsaturated/α-hetero) is 1. The molecule has 8 nitrogen and oxygen atoms in total. The van der Waals surface area contributed by atoms with Crippen molar-refractivity contribution in [2.45, 2.75) is 48.0 Å². The van der Waals surface area contributed by atoms with Crippen molar-refractivity contribution in [3.63, 3.8) is 0 Å². The molecule has 1 fully saturated rings. The molecule has 5 heterocycles. The van der Waals surface area contributed by atoms with Crippen molar-refractivity contribution in [2.24, 2.45) is 17.8 Å². The summed E-state index contributed by atoms with van der Waals surface area (Å²) in [6, 6.07) is 0. The molecule has 2 aliphatic heterocycles. The van der Waals surface area contributed by atoms with Crippen LogP contribution >= 0.6 is 0 Å². The average molecular weight is 552 g/mol. The van der Waals surface area contributed by atoms with Crippen molar-refractivity contribution in [3.8, 4) is 0 Å². The van der Waals surface area contributed by atoms with Crippen LogP contribution in [-0.4, -0.2) is 33.6 Å². The molecule has 0 aromatic carbocycles. The minimum Gasteiger partial charge on any atom is -0.805 e. The monoisotopic (exact) mass is 551 g/mol. The molecule has 0 spiro atoms. The predicted molar refractivity (Wildman–Crippen MR) is 161 cm³/mol. The zero-order chi connectivity index (χ0) is 29.5. The van der Waals surface area contributed by atoms with Crippen LogP contribution in [0.4, 0.5) is 0 Å². The number of allylic oxidation sites excluding steroid dienone is 2. The van der Waals surface area contributed by atoms with Gasteiger partial charge in [0, 0.05) is 67.7 Å². The molecule has 6 rings (SSSR count). The zero-order valence-corrected chi connectivity index (χ0v) is 24.5. The molecule has 0 amide bonds. The van der Waals surface area contributed by atoms with Crippen LogP contribution in [0.15, 0.2) is 18.0 Å². The average Bonchev–Trinajstić information content (AvgIpc) is 3.66. The highest BCUT2D eigenvalue weighted by atomic mass is 16.5. The third-order valence-corrected chi connectivity index (χ3v) is 9.43. The first-order valence-corrected chi connectivity index (χ1v) is 14.1. The Bertz CT molecular complexity index is 1870. The summed E-state index contributed by atoms with van der Waals surface area (Å²) in [5.74, 6) is -1.96. The standard InChI is InChI=1S/C33H35N4O4/c1-9-19-16(5)23-13-26-20(10-2)17(6)25(37(26)40)12-22-14(3)15(4)30(35-22)28-29(33(39)41-8)32(38)27-18(7)21(36-31(27)28)11-24(19)34-23/h10-15,29,34-36H,2,9H2,1,3-8H3/q-1/b22-12-,23-13-,24-11-,30-28-/t14-,15-,29+/m0/s1. The summed E-state index contributed by atoms with van der Waals surface area (Å²) >= 11 is 0. The van der Waals surface area contributed by atoms with Gasteiger partial charge in [0.05, 0.1) is 12.8 Å². The molecule has 1 saturated heterocycles. The van der Waals surface area contributed by atoms with Crippen molar-refractivity contribution in [2.75, 3.05) is 7.11 Å². The topological polar surface area (TPSA) is 115 Å². The van der Waals surface area contributed by atoms with E-state index in [4.69, 9.17) is 4.74 Å². The maximum Gasteiger partial charge on any atom is 0.321 e. The number of nitrogens with zero attached hydrogens (tertiary/aromatic N) is 1. The number of hydrogen-bond acceptors (Lipinski definition) is 5. The Balaban J connectivity index is 1.77. The van der Waals surface area contributed by atoms with Crippen LogP contribution in [0.2, 0.25) is 0 Å². The molecular formula is C33H35N4O4-. The number of aromatic nitrogens is 3. The molecule has 0 saturated carbocycles. The van der Waals surface area contributed by atoms with E-state index in [9.17, 15) is 14.8 Å². The quantitative estimate of drug-likeness (QED) is 0.333. The highest BCUT2D eigenvalue weighted by Crippen LogP contribution is 2.47. The Kier molecular flexibility index (Phi) is 6.06. The normalized spacial score (nSPS) is 25.6. The summed E-state index contributed by atoms with van der Waals surface area (Å²) in [5.41, 5.74) is 9.87. The van der Waals surface area contributed by atoms with Gasteiger partial charge >= 0.3 is 5.97 Å². The smallest absolute Gasteiger partial charge is 0.321 e. The molecule has 212 valence electrons. The number of rotatable bonds is 3. The summed E-state index contributed by atoms with van der Waals surface area (Å²) < 4.78 is 6.10. The maximum atomic E-state index is 13.8. The Labute approximate surface area is 238 Å². The first-order valence-electron chi connectivity index (χ1n) is 14.1. The summed E-state index contributed by atoms with van der Waals surface area (Å²) in [7, 11) is 1.31. The van der Waals surface area contributed by atoms with E-state index in [0.717, 1.165) is 66.8 Å². The van der Waals surface area contributed by atoms with Gasteiger partial charge in [-0.25, -0.2) is 0 Å². The van der Waals surface area contributed by atoms with Crippen molar-refractivity contribution in [1.29, 1.82) is 0 Å². The summed E-state index contributed by atoms with van der Waals surface area (Å²) in [5, 5.41) is 19.1. The van der Waals surface area contributed by atoms with E-state index in [-0.39, 0.29) is 17.6 Å². The van der Waals surface area contributed by atoms with Gasteiger partial charge in [-0.1, -0.05) is 33.4 Å². The number of ketones is 1. The molecule has 1 aliphatic carbocycles. The van der Waals surface area contributed by atoms with E-state index in [1.165, 1.54) is 7.11 Å². The fourth-order valence-corrected chi connectivity index (χ4v) is 6.82. The SMILES string of the molecule is C=Cc1c(C)c2n([O-])c1/C=c1\[nH]/c(c(CC)c1C)=C\c1[nH]c3c(c1C)C(=O)[C@H](C(=O)OC)/C3=C1/N/C(=C\2)[C@@H](C)[C@@H]1C. The first kappa shape index (κ1) is 26.7. The van der Waals surface area contributed by atoms with Crippen LogP contribution in [-0.2, 0) is 16.0 Å². The van der Waals surface area contributed by atoms with Crippen molar-refractivity contribution in [3.05, 3.63) is 90.0 Å². The predicted octanol–water partition coefficient (Wildman–Crippen LogP) is 4.20. The lowest BCUT2D eigenvalue weighted by Crippen LogP contribution is -2.24. The molecule has 3 aliphatic rings. The molecule has 0 unspecified atom stereocenters. The summed E-state index contributed by atoms with van der Waals surface area (Å²) in [6.07, 6.45) is 8.33. The molecule has 3 aromatic heterocycles. The number of methoxy groups -OCH3 is 1. The third kappa shape index (κ3) is 3.59.